The van der Waals surface area contributed by atoms with E-state index in [4.69, 9.17) is 4.74 Å². The molecule has 1 aromatic rings. The van der Waals surface area contributed by atoms with E-state index in [1.807, 2.05) is 6.07 Å². The van der Waals surface area contributed by atoms with Gasteiger partial charge in [0.2, 0.25) is 0 Å². The van der Waals surface area contributed by atoms with Crippen molar-refractivity contribution in [3.8, 4) is 5.75 Å². The van der Waals surface area contributed by atoms with Gasteiger partial charge < -0.3 is 10.1 Å². The van der Waals surface area contributed by atoms with Gasteiger partial charge in [-0.25, -0.2) is 0 Å². The zero-order valence-electron chi connectivity index (χ0n) is 10.5. The molecule has 0 saturated heterocycles. The largest absolute Gasteiger partial charge is 0.496 e. The smallest absolute Gasteiger partial charge is 0.255 e. The quantitative estimate of drug-likeness (QED) is 0.765. The molecular weight excluding hydrogens is 362 g/mol. The lowest BCUT2D eigenvalue weighted by molar-refractivity contribution is 0.0950. The fourth-order valence-electron chi connectivity index (χ4n) is 1.49. The Bertz CT molecular complexity index is 410. The molecule has 0 radical (unpaired) electrons. The van der Waals surface area contributed by atoms with Crippen molar-refractivity contribution in [2.75, 3.05) is 13.7 Å². The number of alkyl halides is 1. The van der Waals surface area contributed by atoms with Crippen LogP contribution in [0, 0.1) is 0 Å². The number of benzene rings is 1. The minimum absolute atomic E-state index is 0.102. The Balaban J connectivity index is 2.61. The summed E-state index contributed by atoms with van der Waals surface area (Å²) in [4.78, 5) is 12.4. The standard InChI is InChI=1S/C13H17Br2NO2/c1-3-9(14)6-7-16-13(17)11-5-4-10(15)8-12(11)18-2/h4-5,8-9H,3,6-7H2,1-2H3,(H,16,17). The van der Waals surface area contributed by atoms with Gasteiger partial charge in [0.15, 0.2) is 0 Å². The third-order valence-electron chi connectivity index (χ3n) is 2.59. The number of rotatable bonds is 6. The monoisotopic (exact) mass is 377 g/mol. The molecule has 1 rings (SSSR count). The van der Waals surface area contributed by atoms with E-state index in [0.29, 0.717) is 22.7 Å². The first-order chi connectivity index (χ1) is 8.58. The van der Waals surface area contributed by atoms with E-state index in [1.54, 1.807) is 19.2 Å². The summed E-state index contributed by atoms with van der Waals surface area (Å²) in [5.74, 6) is 0.475. The lowest BCUT2D eigenvalue weighted by atomic mass is 10.2. The van der Waals surface area contributed by atoms with E-state index < -0.39 is 0 Å². The first kappa shape index (κ1) is 15.5. The Kier molecular flexibility index (Phi) is 6.71. The number of amides is 1. The van der Waals surface area contributed by atoms with Crippen LogP contribution in [0.4, 0.5) is 0 Å². The maximum absolute atomic E-state index is 12.0. The molecule has 0 fully saturated rings. The predicted octanol–water partition coefficient (Wildman–Crippen LogP) is 3.75. The van der Waals surface area contributed by atoms with Gasteiger partial charge in [-0.3, -0.25) is 4.79 Å². The third kappa shape index (κ3) is 4.61. The maximum Gasteiger partial charge on any atom is 0.255 e. The summed E-state index contributed by atoms with van der Waals surface area (Å²) in [7, 11) is 1.56. The molecule has 1 N–H and O–H groups in total. The number of hydrogen-bond acceptors (Lipinski definition) is 2. The number of nitrogens with one attached hydrogen (secondary N) is 1. The molecule has 5 heteroatoms. The minimum Gasteiger partial charge on any atom is -0.496 e. The fraction of sp³-hybridized carbons (Fsp3) is 0.462. The first-order valence-electron chi connectivity index (χ1n) is 5.84. The summed E-state index contributed by atoms with van der Waals surface area (Å²) in [6.45, 7) is 2.76. The topological polar surface area (TPSA) is 38.3 Å². The molecule has 0 saturated carbocycles. The molecule has 0 aliphatic heterocycles. The van der Waals surface area contributed by atoms with Gasteiger partial charge in [-0.1, -0.05) is 38.8 Å². The highest BCUT2D eigenvalue weighted by Gasteiger charge is 2.12. The van der Waals surface area contributed by atoms with Crippen LogP contribution in [-0.4, -0.2) is 24.4 Å². The summed E-state index contributed by atoms with van der Waals surface area (Å²) in [6.07, 6.45) is 1.97. The predicted molar refractivity (Wildman–Crippen MR) is 80.7 cm³/mol. The van der Waals surface area contributed by atoms with Crippen LogP contribution in [0.25, 0.3) is 0 Å². The molecule has 0 aromatic heterocycles. The molecule has 18 heavy (non-hydrogen) atoms. The van der Waals surface area contributed by atoms with Gasteiger partial charge in [0.25, 0.3) is 5.91 Å². The van der Waals surface area contributed by atoms with E-state index in [9.17, 15) is 4.79 Å². The highest BCUT2D eigenvalue weighted by molar-refractivity contribution is 9.10. The second kappa shape index (κ2) is 7.79. The first-order valence-corrected chi connectivity index (χ1v) is 7.55. The molecule has 1 unspecified atom stereocenters. The number of carbonyl (C=O) groups excluding carboxylic acids is 1. The fourth-order valence-corrected chi connectivity index (χ4v) is 2.06. The summed E-state index contributed by atoms with van der Waals surface area (Å²) in [5, 5.41) is 2.89. The van der Waals surface area contributed by atoms with Crippen LogP contribution in [0.5, 0.6) is 5.75 Å². The molecule has 100 valence electrons. The van der Waals surface area contributed by atoms with Crippen molar-refractivity contribution in [2.24, 2.45) is 0 Å². The maximum atomic E-state index is 12.0. The summed E-state index contributed by atoms with van der Waals surface area (Å²) >= 11 is 6.89. The van der Waals surface area contributed by atoms with Crippen molar-refractivity contribution in [1.82, 2.24) is 5.32 Å². The number of carbonyl (C=O) groups is 1. The van der Waals surface area contributed by atoms with Crippen molar-refractivity contribution in [3.05, 3.63) is 28.2 Å². The van der Waals surface area contributed by atoms with Crippen LogP contribution in [0.3, 0.4) is 0 Å². The van der Waals surface area contributed by atoms with Crippen LogP contribution in [0.15, 0.2) is 22.7 Å². The Morgan fingerprint density at radius 1 is 1.50 bits per heavy atom. The molecule has 3 nitrogen and oxygen atoms in total. The van der Waals surface area contributed by atoms with Crippen molar-refractivity contribution in [2.45, 2.75) is 24.6 Å². The van der Waals surface area contributed by atoms with Gasteiger partial charge in [0, 0.05) is 15.8 Å². The van der Waals surface area contributed by atoms with Gasteiger partial charge in [-0.05, 0) is 31.0 Å². The summed E-state index contributed by atoms with van der Waals surface area (Å²) in [5.41, 5.74) is 0.559. The third-order valence-corrected chi connectivity index (χ3v) is 4.19. The van der Waals surface area contributed by atoms with Gasteiger partial charge in [0.05, 0.1) is 12.7 Å². The van der Waals surface area contributed by atoms with Crippen molar-refractivity contribution >= 4 is 37.8 Å². The van der Waals surface area contributed by atoms with Gasteiger partial charge in [-0.2, -0.15) is 0 Å². The van der Waals surface area contributed by atoms with Crippen molar-refractivity contribution < 1.29 is 9.53 Å². The van der Waals surface area contributed by atoms with E-state index in [-0.39, 0.29) is 5.91 Å². The van der Waals surface area contributed by atoms with Crippen LogP contribution < -0.4 is 10.1 Å². The zero-order valence-corrected chi connectivity index (χ0v) is 13.7. The van der Waals surface area contributed by atoms with E-state index in [2.05, 4.69) is 44.1 Å². The van der Waals surface area contributed by atoms with Crippen LogP contribution in [-0.2, 0) is 0 Å². The molecule has 0 aliphatic carbocycles. The summed E-state index contributed by atoms with van der Waals surface area (Å²) < 4.78 is 6.09. The second-order valence-electron chi connectivity index (χ2n) is 3.89. The van der Waals surface area contributed by atoms with Crippen molar-refractivity contribution in [1.29, 1.82) is 0 Å². The minimum atomic E-state index is -0.102. The van der Waals surface area contributed by atoms with E-state index >= 15 is 0 Å². The number of methoxy groups -OCH3 is 1. The molecule has 0 aliphatic rings. The normalized spacial score (nSPS) is 12.0. The lowest BCUT2D eigenvalue weighted by Gasteiger charge is -2.11. The Morgan fingerprint density at radius 2 is 2.22 bits per heavy atom. The van der Waals surface area contributed by atoms with Gasteiger partial charge in [-0.15, -0.1) is 0 Å². The molecule has 0 bridgehead atoms. The lowest BCUT2D eigenvalue weighted by Crippen LogP contribution is -2.26. The average molecular weight is 379 g/mol. The average Bonchev–Trinajstić information content (AvgIpc) is 2.37. The molecule has 0 spiro atoms. The van der Waals surface area contributed by atoms with Crippen molar-refractivity contribution in [3.63, 3.8) is 0 Å². The number of halogens is 2. The Morgan fingerprint density at radius 3 is 2.83 bits per heavy atom. The van der Waals surface area contributed by atoms with Crippen LogP contribution in [0.1, 0.15) is 30.1 Å². The SMILES string of the molecule is CCC(Br)CCNC(=O)c1ccc(Br)cc1OC. The number of ether oxygens (including phenoxy) is 1. The van der Waals surface area contributed by atoms with Gasteiger partial charge in [0.1, 0.15) is 5.75 Å². The van der Waals surface area contributed by atoms with Gasteiger partial charge >= 0.3 is 0 Å². The highest BCUT2D eigenvalue weighted by atomic mass is 79.9. The van der Waals surface area contributed by atoms with Crippen LogP contribution in [0.2, 0.25) is 0 Å². The molecule has 1 aromatic carbocycles. The molecular formula is C13H17Br2NO2. The molecule has 1 atom stereocenters. The number of hydrogen-bond donors (Lipinski definition) is 1. The molecule has 0 heterocycles. The second-order valence-corrected chi connectivity index (χ2v) is 6.11. The Labute approximate surface area is 125 Å². The van der Waals surface area contributed by atoms with Crippen LogP contribution >= 0.6 is 31.9 Å². The van der Waals surface area contributed by atoms with E-state index in [1.165, 1.54) is 0 Å². The highest BCUT2D eigenvalue weighted by Crippen LogP contribution is 2.23. The summed E-state index contributed by atoms with van der Waals surface area (Å²) in [6, 6.07) is 5.37. The molecule has 1 amide bonds. The van der Waals surface area contributed by atoms with E-state index in [0.717, 1.165) is 17.3 Å². The zero-order chi connectivity index (χ0) is 13.5. The Hall–Kier alpha value is -0.550.